The van der Waals surface area contributed by atoms with E-state index >= 15 is 0 Å². The highest BCUT2D eigenvalue weighted by Gasteiger charge is 2.17. The molecule has 0 amide bonds. The summed E-state index contributed by atoms with van der Waals surface area (Å²) in [5, 5.41) is 4.18. The number of hydrogen-bond donors (Lipinski definition) is 1. The first-order chi connectivity index (χ1) is 8.22. The molecule has 0 bridgehead atoms. The van der Waals surface area contributed by atoms with Gasteiger partial charge in [-0.15, -0.1) is 0 Å². The topological polar surface area (TPSA) is 29.9 Å². The van der Waals surface area contributed by atoms with Crippen LogP contribution >= 0.6 is 11.6 Å². The van der Waals surface area contributed by atoms with E-state index in [0.29, 0.717) is 0 Å². The van der Waals surface area contributed by atoms with E-state index in [9.17, 15) is 0 Å². The van der Waals surface area contributed by atoms with Crippen LogP contribution in [0, 0.1) is 0 Å². The van der Waals surface area contributed by atoms with Gasteiger partial charge in [0, 0.05) is 18.3 Å². The lowest BCUT2D eigenvalue weighted by Gasteiger charge is -2.17. The van der Waals surface area contributed by atoms with Crippen molar-refractivity contribution in [1.29, 1.82) is 0 Å². The molecule has 1 atom stereocenters. The number of aromatic nitrogens is 2. The second kappa shape index (κ2) is 5.34. The SMILES string of the molecule is CCNC(c1cn(C)cn1)c1ccccc1Cl. The normalized spacial score (nSPS) is 12.6. The van der Waals surface area contributed by atoms with E-state index in [1.54, 1.807) is 6.33 Å². The standard InChI is InChI=1S/C13H16ClN3/c1-3-15-13(12-8-17(2)9-16-12)10-6-4-5-7-11(10)14/h4-9,13,15H,3H2,1-2H3. The van der Waals surface area contributed by atoms with Crippen molar-refractivity contribution >= 4 is 11.6 Å². The van der Waals surface area contributed by atoms with E-state index in [2.05, 4.69) is 17.2 Å². The van der Waals surface area contributed by atoms with Gasteiger partial charge in [0.1, 0.15) is 0 Å². The first-order valence-electron chi connectivity index (χ1n) is 5.68. The second-order valence-electron chi connectivity index (χ2n) is 3.98. The summed E-state index contributed by atoms with van der Waals surface area (Å²) in [6, 6.07) is 7.92. The molecular formula is C13H16ClN3. The lowest BCUT2D eigenvalue weighted by Crippen LogP contribution is -2.22. The number of hydrogen-bond acceptors (Lipinski definition) is 2. The summed E-state index contributed by atoms with van der Waals surface area (Å²) in [7, 11) is 1.96. The van der Waals surface area contributed by atoms with Crippen LogP contribution in [0.3, 0.4) is 0 Å². The molecule has 17 heavy (non-hydrogen) atoms. The zero-order valence-electron chi connectivity index (χ0n) is 10.0. The Labute approximate surface area is 106 Å². The molecule has 2 rings (SSSR count). The minimum atomic E-state index is 0.0508. The summed E-state index contributed by atoms with van der Waals surface area (Å²) in [6.07, 6.45) is 3.81. The van der Waals surface area contributed by atoms with Crippen LogP contribution in [0.15, 0.2) is 36.8 Å². The minimum absolute atomic E-state index is 0.0508. The average Bonchev–Trinajstić information content (AvgIpc) is 2.74. The molecule has 90 valence electrons. The molecule has 0 spiro atoms. The van der Waals surface area contributed by atoms with Gasteiger partial charge in [-0.1, -0.05) is 36.7 Å². The predicted molar refractivity (Wildman–Crippen MR) is 70.2 cm³/mol. The highest BCUT2D eigenvalue weighted by Crippen LogP contribution is 2.26. The molecule has 0 aliphatic rings. The predicted octanol–water partition coefficient (Wildman–Crippen LogP) is 2.77. The van der Waals surface area contributed by atoms with Crippen molar-refractivity contribution in [1.82, 2.24) is 14.9 Å². The Bertz CT molecular complexity index is 493. The Balaban J connectivity index is 2.39. The van der Waals surface area contributed by atoms with E-state index < -0.39 is 0 Å². The molecule has 0 aliphatic heterocycles. The Morgan fingerprint density at radius 2 is 2.18 bits per heavy atom. The van der Waals surface area contributed by atoms with Crippen molar-refractivity contribution < 1.29 is 0 Å². The molecule has 1 heterocycles. The summed E-state index contributed by atoms with van der Waals surface area (Å²) in [6.45, 7) is 2.94. The fraction of sp³-hybridized carbons (Fsp3) is 0.308. The third-order valence-corrected chi connectivity index (χ3v) is 2.99. The summed E-state index contributed by atoms with van der Waals surface area (Å²) in [5.41, 5.74) is 2.05. The molecule has 0 saturated carbocycles. The van der Waals surface area contributed by atoms with Gasteiger partial charge in [0.15, 0.2) is 0 Å². The minimum Gasteiger partial charge on any atom is -0.340 e. The van der Waals surface area contributed by atoms with Crippen molar-refractivity contribution in [3.63, 3.8) is 0 Å². The highest BCUT2D eigenvalue weighted by atomic mass is 35.5. The molecule has 2 aromatic rings. The molecule has 0 saturated heterocycles. The zero-order chi connectivity index (χ0) is 12.3. The van der Waals surface area contributed by atoms with E-state index in [1.165, 1.54) is 0 Å². The fourth-order valence-electron chi connectivity index (χ4n) is 1.87. The molecule has 3 nitrogen and oxygen atoms in total. The fourth-order valence-corrected chi connectivity index (χ4v) is 2.11. The average molecular weight is 250 g/mol. The van der Waals surface area contributed by atoms with Gasteiger partial charge in [0.05, 0.1) is 18.1 Å². The van der Waals surface area contributed by atoms with Gasteiger partial charge in [-0.3, -0.25) is 0 Å². The third-order valence-electron chi connectivity index (χ3n) is 2.65. The molecule has 1 N–H and O–H groups in total. The Hall–Kier alpha value is -1.32. The highest BCUT2D eigenvalue weighted by molar-refractivity contribution is 6.31. The van der Waals surface area contributed by atoms with Gasteiger partial charge in [0.25, 0.3) is 0 Å². The lowest BCUT2D eigenvalue weighted by molar-refractivity contribution is 0.618. The number of halogens is 1. The molecule has 0 fully saturated rings. The first kappa shape index (κ1) is 12.1. The van der Waals surface area contributed by atoms with Gasteiger partial charge >= 0.3 is 0 Å². The van der Waals surface area contributed by atoms with Gasteiger partial charge in [-0.05, 0) is 18.2 Å². The van der Waals surface area contributed by atoms with Crippen molar-refractivity contribution in [3.8, 4) is 0 Å². The molecule has 0 radical (unpaired) electrons. The van der Waals surface area contributed by atoms with Crippen molar-refractivity contribution in [3.05, 3.63) is 53.1 Å². The number of rotatable bonds is 4. The van der Waals surface area contributed by atoms with Crippen LogP contribution in [-0.2, 0) is 7.05 Å². The van der Waals surface area contributed by atoms with Gasteiger partial charge < -0.3 is 9.88 Å². The van der Waals surface area contributed by atoms with Crippen LogP contribution in [0.5, 0.6) is 0 Å². The van der Waals surface area contributed by atoms with Crippen LogP contribution in [0.25, 0.3) is 0 Å². The largest absolute Gasteiger partial charge is 0.340 e. The van der Waals surface area contributed by atoms with Crippen LogP contribution < -0.4 is 5.32 Å². The van der Waals surface area contributed by atoms with Crippen molar-refractivity contribution in [2.75, 3.05) is 6.54 Å². The number of imidazole rings is 1. The number of nitrogens with zero attached hydrogens (tertiary/aromatic N) is 2. The molecule has 1 unspecified atom stereocenters. The lowest BCUT2D eigenvalue weighted by atomic mass is 10.0. The summed E-state index contributed by atoms with van der Waals surface area (Å²) in [4.78, 5) is 4.39. The quantitative estimate of drug-likeness (QED) is 0.903. The van der Waals surface area contributed by atoms with Gasteiger partial charge in [-0.2, -0.15) is 0 Å². The Morgan fingerprint density at radius 1 is 1.41 bits per heavy atom. The summed E-state index contributed by atoms with van der Waals surface area (Å²) >= 11 is 6.24. The van der Waals surface area contributed by atoms with E-state index in [-0.39, 0.29) is 6.04 Å². The van der Waals surface area contributed by atoms with E-state index in [4.69, 9.17) is 11.6 Å². The van der Waals surface area contributed by atoms with Gasteiger partial charge in [-0.25, -0.2) is 4.98 Å². The van der Waals surface area contributed by atoms with Crippen LogP contribution in [-0.4, -0.2) is 16.1 Å². The number of nitrogens with one attached hydrogen (secondary N) is 1. The number of benzene rings is 1. The van der Waals surface area contributed by atoms with Gasteiger partial charge in [0.2, 0.25) is 0 Å². The first-order valence-corrected chi connectivity index (χ1v) is 6.06. The third kappa shape index (κ3) is 2.68. The maximum atomic E-state index is 6.24. The number of aryl methyl sites for hydroxylation is 1. The van der Waals surface area contributed by atoms with E-state index in [1.807, 2.05) is 42.1 Å². The smallest absolute Gasteiger partial charge is 0.0947 e. The molecule has 1 aromatic heterocycles. The van der Waals surface area contributed by atoms with E-state index in [0.717, 1.165) is 22.8 Å². The summed E-state index contributed by atoms with van der Waals surface area (Å²) < 4.78 is 1.94. The maximum Gasteiger partial charge on any atom is 0.0947 e. The zero-order valence-corrected chi connectivity index (χ0v) is 10.8. The van der Waals surface area contributed by atoms with Crippen LogP contribution in [0.2, 0.25) is 5.02 Å². The molecule has 4 heteroatoms. The second-order valence-corrected chi connectivity index (χ2v) is 4.38. The molecule has 1 aromatic carbocycles. The maximum absolute atomic E-state index is 6.24. The monoisotopic (exact) mass is 249 g/mol. The van der Waals surface area contributed by atoms with Crippen LogP contribution in [0.4, 0.5) is 0 Å². The van der Waals surface area contributed by atoms with Crippen molar-refractivity contribution in [2.24, 2.45) is 7.05 Å². The van der Waals surface area contributed by atoms with Crippen LogP contribution in [0.1, 0.15) is 24.2 Å². The summed E-state index contributed by atoms with van der Waals surface area (Å²) in [5.74, 6) is 0. The van der Waals surface area contributed by atoms with Crippen molar-refractivity contribution in [2.45, 2.75) is 13.0 Å². The molecular weight excluding hydrogens is 234 g/mol. The Morgan fingerprint density at radius 3 is 2.76 bits per heavy atom. The molecule has 0 aliphatic carbocycles. The Kier molecular flexibility index (Phi) is 3.82.